The van der Waals surface area contributed by atoms with Crippen LogP contribution in [0.5, 0.6) is 0 Å². The molecule has 2 aromatic heterocycles. The first-order valence-corrected chi connectivity index (χ1v) is 5.88. The van der Waals surface area contributed by atoms with Gasteiger partial charge in [0.25, 0.3) is 0 Å². The van der Waals surface area contributed by atoms with E-state index < -0.39 is 0 Å². The summed E-state index contributed by atoms with van der Waals surface area (Å²) in [6.07, 6.45) is 3.57. The molecular weight excluding hydrogens is 250 g/mol. The fourth-order valence-corrected chi connectivity index (χ4v) is 1.77. The van der Waals surface area contributed by atoms with Crippen molar-refractivity contribution in [3.8, 4) is 0 Å². The van der Waals surface area contributed by atoms with E-state index >= 15 is 0 Å². The Hall–Kier alpha value is -1.88. The molecule has 2 rings (SSSR count). The van der Waals surface area contributed by atoms with Crippen LogP contribution in [0.25, 0.3) is 0 Å². The minimum Gasteiger partial charge on any atom is -0.394 e. The number of aryl methyl sites for hydroxylation is 2. The van der Waals surface area contributed by atoms with Crippen LogP contribution in [0.1, 0.15) is 16.8 Å². The summed E-state index contributed by atoms with van der Waals surface area (Å²) in [4.78, 5) is 12.1. The summed E-state index contributed by atoms with van der Waals surface area (Å²) >= 11 is 5.81. The Kier molecular flexibility index (Phi) is 3.62. The molecule has 0 saturated heterocycles. The highest BCUT2D eigenvalue weighted by molar-refractivity contribution is 6.28. The molecule has 0 saturated carbocycles. The van der Waals surface area contributed by atoms with E-state index in [-0.39, 0.29) is 5.28 Å². The molecule has 6 heteroatoms. The second-order valence-corrected chi connectivity index (χ2v) is 4.33. The molecule has 0 aliphatic rings. The number of hydrogen-bond acceptors (Lipinski definition) is 5. The smallest absolute Gasteiger partial charge is 0.224 e. The molecule has 94 valence electrons. The lowest BCUT2D eigenvalue weighted by molar-refractivity contribution is 1.04. The Balaban J connectivity index is 2.18. The second kappa shape index (κ2) is 5.18. The quantitative estimate of drug-likeness (QED) is 0.831. The Morgan fingerprint density at radius 2 is 2.11 bits per heavy atom. The minimum absolute atomic E-state index is 0.190. The molecule has 0 fully saturated rings. The lowest BCUT2D eigenvalue weighted by atomic mass is 10.1. The van der Waals surface area contributed by atoms with Crippen molar-refractivity contribution in [1.29, 1.82) is 0 Å². The molecule has 2 heterocycles. The van der Waals surface area contributed by atoms with Crippen molar-refractivity contribution in [1.82, 2.24) is 15.0 Å². The van der Waals surface area contributed by atoms with Crippen molar-refractivity contribution in [3.63, 3.8) is 0 Å². The largest absolute Gasteiger partial charge is 0.394 e. The molecule has 0 aliphatic carbocycles. The Morgan fingerprint density at radius 1 is 1.33 bits per heavy atom. The van der Waals surface area contributed by atoms with Crippen LogP contribution in [0.3, 0.4) is 0 Å². The second-order valence-electron chi connectivity index (χ2n) is 4.00. The third-order valence-electron chi connectivity index (χ3n) is 2.69. The molecule has 0 aromatic carbocycles. The summed E-state index contributed by atoms with van der Waals surface area (Å²) in [5.74, 6) is 0.559. The number of nitrogens with two attached hydrogens (primary N) is 1. The van der Waals surface area contributed by atoms with Crippen molar-refractivity contribution in [3.05, 3.63) is 40.6 Å². The topological polar surface area (TPSA) is 76.7 Å². The van der Waals surface area contributed by atoms with E-state index in [0.29, 0.717) is 23.7 Å². The van der Waals surface area contributed by atoms with Gasteiger partial charge >= 0.3 is 0 Å². The van der Waals surface area contributed by atoms with Gasteiger partial charge in [0.1, 0.15) is 0 Å². The molecule has 0 aliphatic heterocycles. The predicted molar refractivity (Wildman–Crippen MR) is 72.5 cm³/mol. The number of pyridine rings is 1. The summed E-state index contributed by atoms with van der Waals surface area (Å²) < 4.78 is 0. The first-order chi connectivity index (χ1) is 8.58. The van der Waals surface area contributed by atoms with Crippen LogP contribution < -0.4 is 11.1 Å². The summed E-state index contributed by atoms with van der Waals surface area (Å²) in [5, 5.41) is 3.35. The molecule has 5 nitrogen and oxygen atoms in total. The number of anilines is 2. The van der Waals surface area contributed by atoms with Gasteiger partial charge in [-0.05, 0) is 42.6 Å². The van der Waals surface area contributed by atoms with Crippen molar-refractivity contribution in [2.24, 2.45) is 0 Å². The van der Waals surface area contributed by atoms with Crippen molar-refractivity contribution in [2.75, 3.05) is 11.1 Å². The van der Waals surface area contributed by atoms with Crippen LogP contribution in [-0.4, -0.2) is 15.0 Å². The van der Waals surface area contributed by atoms with Gasteiger partial charge in [-0.3, -0.25) is 4.98 Å². The molecule has 0 bridgehead atoms. The molecular formula is C12H14ClN5. The Labute approximate surface area is 110 Å². The fraction of sp³-hybridized carbons (Fsp3) is 0.250. The van der Waals surface area contributed by atoms with E-state index in [0.717, 1.165) is 11.1 Å². The lowest BCUT2D eigenvalue weighted by Crippen LogP contribution is -2.08. The average Bonchev–Trinajstić information content (AvgIpc) is 2.33. The van der Waals surface area contributed by atoms with Crippen LogP contribution in [-0.2, 0) is 6.54 Å². The maximum absolute atomic E-state index is 5.90. The highest BCUT2D eigenvalue weighted by Crippen LogP contribution is 2.21. The highest BCUT2D eigenvalue weighted by Gasteiger charge is 2.07. The zero-order valence-electron chi connectivity index (χ0n) is 10.2. The van der Waals surface area contributed by atoms with Crippen LogP contribution in [0.4, 0.5) is 11.5 Å². The molecule has 3 N–H and O–H groups in total. The number of halogens is 1. The third kappa shape index (κ3) is 2.68. The van der Waals surface area contributed by atoms with Gasteiger partial charge in [0.05, 0.1) is 11.4 Å². The van der Waals surface area contributed by atoms with Gasteiger partial charge < -0.3 is 11.1 Å². The lowest BCUT2D eigenvalue weighted by Gasteiger charge is -2.11. The zero-order chi connectivity index (χ0) is 13.1. The third-order valence-corrected chi connectivity index (χ3v) is 2.86. The van der Waals surface area contributed by atoms with Gasteiger partial charge in [0.15, 0.2) is 5.82 Å². The summed E-state index contributed by atoms with van der Waals surface area (Å²) in [7, 11) is 0. The Bertz CT molecular complexity index is 570. The van der Waals surface area contributed by atoms with Crippen molar-refractivity contribution in [2.45, 2.75) is 20.4 Å². The standard InChI is InChI=1S/C12H14ClN5/c1-7-5-15-4-3-9(7)6-16-11-10(14)8(2)17-12(13)18-11/h3-5H,6,14H2,1-2H3,(H,16,17,18). The average molecular weight is 264 g/mol. The van der Waals surface area contributed by atoms with Crippen LogP contribution >= 0.6 is 11.6 Å². The number of nitrogens with one attached hydrogen (secondary N) is 1. The zero-order valence-corrected chi connectivity index (χ0v) is 11.0. The maximum atomic E-state index is 5.90. The molecule has 2 aromatic rings. The van der Waals surface area contributed by atoms with Gasteiger partial charge in [0, 0.05) is 18.9 Å². The predicted octanol–water partition coefficient (Wildman–Crippen LogP) is 2.34. The van der Waals surface area contributed by atoms with E-state index in [4.69, 9.17) is 17.3 Å². The summed E-state index contributed by atoms with van der Waals surface area (Å²) in [6, 6.07) is 1.95. The van der Waals surface area contributed by atoms with Gasteiger partial charge in [-0.2, -0.15) is 4.98 Å². The van der Waals surface area contributed by atoms with E-state index in [2.05, 4.69) is 20.3 Å². The van der Waals surface area contributed by atoms with E-state index in [1.54, 1.807) is 13.1 Å². The number of rotatable bonds is 3. The Morgan fingerprint density at radius 3 is 2.83 bits per heavy atom. The first kappa shape index (κ1) is 12.6. The SMILES string of the molecule is Cc1cnccc1CNc1nc(Cl)nc(C)c1N. The van der Waals surface area contributed by atoms with E-state index in [9.17, 15) is 0 Å². The molecule has 0 radical (unpaired) electrons. The number of aromatic nitrogens is 3. The molecule has 18 heavy (non-hydrogen) atoms. The first-order valence-electron chi connectivity index (χ1n) is 5.51. The minimum atomic E-state index is 0.190. The van der Waals surface area contributed by atoms with Crippen molar-refractivity contribution >= 4 is 23.1 Å². The van der Waals surface area contributed by atoms with Gasteiger partial charge in [-0.1, -0.05) is 0 Å². The van der Waals surface area contributed by atoms with Gasteiger partial charge in [0.2, 0.25) is 5.28 Å². The van der Waals surface area contributed by atoms with Crippen molar-refractivity contribution < 1.29 is 0 Å². The van der Waals surface area contributed by atoms with E-state index in [1.165, 1.54) is 0 Å². The van der Waals surface area contributed by atoms with Crippen LogP contribution in [0, 0.1) is 13.8 Å². The molecule has 0 spiro atoms. The van der Waals surface area contributed by atoms with Crippen LogP contribution in [0.15, 0.2) is 18.5 Å². The van der Waals surface area contributed by atoms with Gasteiger partial charge in [-0.15, -0.1) is 0 Å². The van der Waals surface area contributed by atoms with Gasteiger partial charge in [-0.25, -0.2) is 4.98 Å². The normalized spacial score (nSPS) is 10.4. The monoisotopic (exact) mass is 263 g/mol. The molecule has 0 atom stereocenters. The highest BCUT2D eigenvalue weighted by atomic mass is 35.5. The van der Waals surface area contributed by atoms with Crippen LogP contribution in [0.2, 0.25) is 5.28 Å². The molecule has 0 amide bonds. The number of hydrogen-bond donors (Lipinski definition) is 2. The fourth-order valence-electron chi connectivity index (χ4n) is 1.56. The molecule has 0 unspecified atom stereocenters. The number of nitrogen functional groups attached to an aromatic ring is 1. The summed E-state index contributed by atoms with van der Waals surface area (Å²) in [5.41, 5.74) is 9.33. The maximum Gasteiger partial charge on any atom is 0.224 e. The number of nitrogens with zero attached hydrogens (tertiary/aromatic N) is 3. The van der Waals surface area contributed by atoms with E-state index in [1.807, 2.05) is 19.2 Å². The summed E-state index contributed by atoms with van der Waals surface area (Å²) in [6.45, 7) is 4.42.